The van der Waals surface area contributed by atoms with E-state index in [1.807, 2.05) is 0 Å². The smallest absolute Gasteiger partial charge is 1.00 e. The Kier molecular flexibility index (Phi) is 34.8. The maximum atomic E-state index is 10.3. The molecule has 0 spiro atoms. The molecule has 0 aromatic carbocycles. The van der Waals surface area contributed by atoms with Crippen LogP contribution in [-0.2, 0) is 4.79 Å². The van der Waals surface area contributed by atoms with Crippen molar-refractivity contribution in [3.05, 3.63) is 0 Å². The molecule has 0 atom stereocenters. The minimum atomic E-state index is -0.653. The number of hydrogen-bond acceptors (Lipinski definition) is 1. The quantitative estimate of drug-likeness (QED) is 0.321. The van der Waals surface area contributed by atoms with Crippen molar-refractivity contribution in [2.45, 2.75) is 110 Å². The van der Waals surface area contributed by atoms with Crippen molar-refractivity contribution in [3.63, 3.8) is 0 Å². The van der Waals surface area contributed by atoms with Gasteiger partial charge in [-0.3, -0.25) is 4.79 Å². The van der Waals surface area contributed by atoms with Gasteiger partial charge in [0, 0.05) is 6.42 Å². The van der Waals surface area contributed by atoms with Crippen LogP contribution in [0.1, 0.15) is 113 Å². The van der Waals surface area contributed by atoms with E-state index < -0.39 is 5.97 Å². The van der Waals surface area contributed by atoms with Crippen LogP contribution < -0.4 is 103 Å². The van der Waals surface area contributed by atoms with E-state index in [4.69, 9.17) is 5.11 Å². The Balaban J connectivity index is -0.000000301. The molecule has 0 amide bonds. The summed E-state index contributed by atoms with van der Waals surface area (Å²) >= 11 is 0. The van der Waals surface area contributed by atoms with Gasteiger partial charge in [0.05, 0.1) is 0 Å². The fourth-order valence-corrected chi connectivity index (χ4v) is 2.65. The van der Waals surface area contributed by atoms with Gasteiger partial charge in [-0.15, -0.1) is 0 Å². The van der Waals surface area contributed by atoms with Gasteiger partial charge in [-0.05, 0) is 6.42 Å². The molecule has 0 aliphatic heterocycles. The largest absolute Gasteiger partial charge is 1.00 e. The van der Waals surface area contributed by atoms with Crippen LogP contribution in [0.3, 0.4) is 0 Å². The molecule has 0 heterocycles. The summed E-state index contributed by atoms with van der Waals surface area (Å²) in [5, 5.41) is 8.52. The first-order valence-electron chi connectivity index (χ1n) is 8.99. The van der Waals surface area contributed by atoms with Crippen molar-refractivity contribution in [3.8, 4) is 0 Å². The molecule has 0 fully saturated rings. The Morgan fingerprint density at radius 2 is 0.909 bits per heavy atom. The molecule has 4 heteroatoms. The van der Waals surface area contributed by atoms with Crippen LogP contribution in [0.5, 0.6) is 0 Å². The Bertz CT molecular complexity index is 221. The zero-order valence-electron chi connectivity index (χ0n) is 17.7. The molecule has 0 aromatic rings. The zero-order valence-corrected chi connectivity index (χ0v) is 21.9. The number of carbonyl (C=O) groups is 1. The number of carboxylic acid groups (broad SMARTS) is 1. The van der Waals surface area contributed by atoms with Gasteiger partial charge in [0.15, 0.2) is 0 Å². The summed E-state index contributed by atoms with van der Waals surface area (Å²) in [6.45, 7) is 2.27. The maximum Gasteiger partial charge on any atom is 1.00 e. The summed E-state index contributed by atoms with van der Waals surface area (Å²) in [5.41, 5.74) is 0. The molecule has 0 unspecified atom stereocenters. The first-order valence-corrected chi connectivity index (χ1v) is 8.99. The van der Waals surface area contributed by atoms with Crippen molar-refractivity contribution in [1.29, 1.82) is 0 Å². The van der Waals surface area contributed by atoms with Crippen molar-refractivity contribution < 1.29 is 116 Å². The van der Waals surface area contributed by atoms with Crippen LogP contribution in [0.2, 0.25) is 0 Å². The summed E-state index contributed by atoms with van der Waals surface area (Å²) in [7, 11) is 0. The third kappa shape index (κ3) is 27.6. The fraction of sp³-hybridized carbons (Fsp3) is 0.944. The molecule has 0 rings (SSSR count). The predicted octanol–water partition coefficient (Wildman–Crippen LogP) is 0.566. The number of unbranched alkanes of at least 4 members (excludes halogenated alkanes) is 14. The summed E-state index contributed by atoms with van der Waals surface area (Å²) in [6.07, 6.45) is 20.2. The SMILES string of the molecule is CCCCCCCCCCCCCCCCCC(=O)O.[H-].[H-].[K+].[K+]. The minimum absolute atomic E-state index is 0. The van der Waals surface area contributed by atoms with E-state index in [1.54, 1.807) is 0 Å². The number of carboxylic acids is 1. The van der Waals surface area contributed by atoms with E-state index in [-0.39, 0.29) is 106 Å². The van der Waals surface area contributed by atoms with Crippen LogP contribution in [-0.4, -0.2) is 11.1 Å². The molecule has 0 aromatic heterocycles. The average Bonchev–Trinajstić information content (AvgIpc) is 2.43. The Labute approximate surface area is 227 Å². The molecule has 124 valence electrons. The molecule has 0 aliphatic rings. The van der Waals surface area contributed by atoms with Crippen LogP contribution in [0.15, 0.2) is 0 Å². The van der Waals surface area contributed by atoms with E-state index in [1.165, 1.54) is 83.5 Å². The Hall–Kier alpha value is 2.74. The van der Waals surface area contributed by atoms with Crippen molar-refractivity contribution in [2.24, 2.45) is 0 Å². The predicted molar refractivity (Wildman–Crippen MR) is 89.4 cm³/mol. The van der Waals surface area contributed by atoms with E-state index in [2.05, 4.69) is 6.92 Å². The van der Waals surface area contributed by atoms with Crippen LogP contribution in [0.4, 0.5) is 0 Å². The van der Waals surface area contributed by atoms with Gasteiger partial charge in [-0.2, -0.15) is 0 Å². The molecular formula is C18H38K2O2. The van der Waals surface area contributed by atoms with Crippen molar-refractivity contribution in [2.75, 3.05) is 0 Å². The molecule has 2 nitrogen and oxygen atoms in total. The van der Waals surface area contributed by atoms with Crippen molar-refractivity contribution >= 4 is 5.97 Å². The Morgan fingerprint density at radius 3 is 1.18 bits per heavy atom. The van der Waals surface area contributed by atoms with Gasteiger partial charge in [0.1, 0.15) is 0 Å². The van der Waals surface area contributed by atoms with Gasteiger partial charge < -0.3 is 7.96 Å². The van der Waals surface area contributed by atoms with E-state index in [9.17, 15) is 4.79 Å². The summed E-state index contributed by atoms with van der Waals surface area (Å²) in [6, 6.07) is 0. The zero-order chi connectivity index (χ0) is 14.9. The Morgan fingerprint density at radius 1 is 0.636 bits per heavy atom. The number of rotatable bonds is 16. The molecule has 0 aliphatic carbocycles. The average molecular weight is 365 g/mol. The van der Waals surface area contributed by atoms with Crippen LogP contribution >= 0.6 is 0 Å². The van der Waals surface area contributed by atoms with Gasteiger partial charge in [-0.25, -0.2) is 0 Å². The second kappa shape index (κ2) is 26.0. The molecular weight excluding hydrogens is 326 g/mol. The second-order valence-corrected chi connectivity index (χ2v) is 6.09. The second-order valence-electron chi connectivity index (χ2n) is 6.09. The van der Waals surface area contributed by atoms with E-state index in [0.717, 1.165) is 12.8 Å². The molecule has 1 N–H and O–H groups in total. The first kappa shape index (κ1) is 29.5. The third-order valence-electron chi connectivity index (χ3n) is 3.99. The molecule has 0 saturated heterocycles. The van der Waals surface area contributed by atoms with E-state index >= 15 is 0 Å². The fourth-order valence-electron chi connectivity index (χ4n) is 2.65. The van der Waals surface area contributed by atoms with Crippen LogP contribution in [0.25, 0.3) is 0 Å². The monoisotopic (exact) mass is 364 g/mol. The summed E-state index contributed by atoms with van der Waals surface area (Å²) in [4.78, 5) is 10.3. The summed E-state index contributed by atoms with van der Waals surface area (Å²) in [5.74, 6) is -0.653. The van der Waals surface area contributed by atoms with Gasteiger partial charge in [0.2, 0.25) is 0 Å². The molecule has 0 radical (unpaired) electrons. The van der Waals surface area contributed by atoms with Gasteiger partial charge >= 0.3 is 109 Å². The normalized spacial score (nSPS) is 9.86. The standard InChI is InChI=1S/C18H36O2.2K.2H/c1-2-3-4-5-6-7-8-9-10-11-12-13-14-15-16-17-18(19)20;;;;/h2-17H2,1H3,(H,19,20);;;;/q;2*+1;2*-1. The minimum Gasteiger partial charge on any atom is -1.00 e. The third-order valence-corrected chi connectivity index (χ3v) is 3.99. The van der Waals surface area contributed by atoms with E-state index in [0.29, 0.717) is 6.42 Å². The molecule has 22 heavy (non-hydrogen) atoms. The molecule has 0 saturated carbocycles. The topological polar surface area (TPSA) is 37.3 Å². The number of aliphatic carboxylic acids is 1. The maximum absolute atomic E-state index is 10.3. The van der Waals surface area contributed by atoms with Gasteiger partial charge in [-0.1, -0.05) is 96.8 Å². The van der Waals surface area contributed by atoms with Gasteiger partial charge in [0.25, 0.3) is 0 Å². The number of hydrogen-bond donors (Lipinski definition) is 1. The summed E-state index contributed by atoms with van der Waals surface area (Å²) < 4.78 is 0. The van der Waals surface area contributed by atoms with Crippen LogP contribution in [0, 0.1) is 0 Å². The van der Waals surface area contributed by atoms with Crippen molar-refractivity contribution in [1.82, 2.24) is 0 Å². The molecule has 0 bridgehead atoms. The first-order chi connectivity index (χ1) is 9.77.